The summed E-state index contributed by atoms with van der Waals surface area (Å²) < 4.78 is 1.00. The molecule has 0 spiro atoms. The molecule has 1 aliphatic rings. The predicted octanol–water partition coefficient (Wildman–Crippen LogP) is -1.84. The summed E-state index contributed by atoms with van der Waals surface area (Å²) in [7, 11) is 0. The highest BCUT2D eigenvalue weighted by Crippen LogP contribution is 2.13. The Balaban J connectivity index is 1.74. The third-order valence-electron chi connectivity index (χ3n) is 3.67. The van der Waals surface area contributed by atoms with Gasteiger partial charge < -0.3 is 20.2 Å². The molecule has 110 valence electrons. The molecule has 0 atom stereocenters. The summed E-state index contributed by atoms with van der Waals surface area (Å²) in [6.07, 6.45) is 0. The molecule has 0 bridgehead atoms. The number of nitrogens with one attached hydrogen (secondary N) is 3. The summed E-state index contributed by atoms with van der Waals surface area (Å²) in [5, 5.41) is 11.8. The Hall–Kier alpha value is -0.950. The van der Waals surface area contributed by atoms with E-state index < -0.39 is 0 Å². The zero-order chi connectivity index (χ0) is 14.4. The third kappa shape index (κ3) is 4.86. The number of amides is 1. The van der Waals surface area contributed by atoms with E-state index in [9.17, 15) is 4.79 Å². The van der Waals surface area contributed by atoms with Gasteiger partial charge in [0.05, 0.1) is 6.61 Å². The summed E-state index contributed by atoms with van der Waals surface area (Å²) in [5.41, 5.74) is 0.835. The van der Waals surface area contributed by atoms with Crippen LogP contribution < -0.4 is 15.1 Å². The van der Waals surface area contributed by atoms with E-state index in [1.54, 1.807) is 0 Å². The van der Waals surface area contributed by atoms with E-state index >= 15 is 0 Å². The minimum atomic E-state index is 0.0629. The van der Waals surface area contributed by atoms with E-state index in [0.29, 0.717) is 6.54 Å². The summed E-state index contributed by atoms with van der Waals surface area (Å²) in [4.78, 5) is 14.7. The molecule has 0 radical (unpaired) electrons. The first kappa shape index (κ1) is 15.4. The molecule has 2 rings (SSSR count). The van der Waals surface area contributed by atoms with Crippen LogP contribution in [-0.4, -0.2) is 56.9 Å². The number of hydrogen-bond acceptors (Lipinski definition) is 2. The van der Waals surface area contributed by atoms with Crippen molar-refractivity contribution in [2.45, 2.75) is 0 Å². The van der Waals surface area contributed by atoms with Crippen molar-refractivity contribution in [2.24, 2.45) is 0 Å². The van der Waals surface area contributed by atoms with Gasteiger partial charge in [-0.15, -0.1) is 0 Å². The molecular weight excluding hydrogens is 322 g/mol. The Bertz CT molecular complexity index is 431. The van der Waals surface area contributed by atoms with Gasteiger partial charge in [0, 0.05) is 10.2 Å². The van der Waals surface area contributed by atoms with Gasteiger partial charge in [-0.3, -0.25) is 4.79 Å². The molecule has 6 heteroatoms. The van der Waals surface area contributed by atoms with E-state index in [2.05, 4.69) is 21.2 Å². The molecule has 1 fully saturated rings. The molecule has 20 heavy (non-hydrogen) atoms. The fourth-order valence-corrected chi connectivity index (χ4v) is 2.77. The highest BCUT2D eigenvalue weighted by molar-refractivity contribution is 9.10. The summed E-state index contributed by atoms with van der Waals surface area (Å²) in [5.74, 6) is 0.0629. The average molecular weight is 344 g/mol. The topological polar surface area (TPSA) is 58.2 Å². The molecule has 0 unspecified atom stereocenters. The Morgan fingerprint density at radius 1 is 1.15 bits per heavy atom. The first-order valence-electron chi connectivity index (χ1n) is 7.01. The van der Waals surface area contributed by atoms with Crippen LogP contribution in [0.2, 0.25) is 0 Å². The third-order valence-corrected chi connectivity index (χ3v) is 4.20. The molecule has 1 saturated heterocycles. The van der Waals surface area contributed by atoms with Gasteiger partial charge in [0.15, 0.2) is 6.54 Å². The Morgan fingerprint density at radius 2 is 1.75 bits per heavy atom. The SMILES string of the molecule is O=C(C[NH+]1CC[NH+](CCO)CC1)Nc1ccc(Br)cc1. The quantitative estimate of drug-likeness (QED) is 0.508. The molecule has 1 amide bonds. The highest BCUT2D eigenvalue weighted by atomic mass is 79.9. The lowest BCUT2D eigenvalue weighted by molar-refractivity contribution is -1.01. The zero-order valence-corrected chi connectivity index (χ0v) is 13.1. The van der Waals surface area contributed by atoms with Crippen LogP contribution in [0.3, 0.4) is 0 Å². The van der Waals surface area contributed by atoms with Gasteiger partial charge in [0.25, 0.3) is 5.91 Å². The highest BCUT2D eigenvalue weighted by Gasteiger charge is 2.24. The Labute approximate surface area is 127 Å². The van der Waals surface area contributed by atoms with Crippen molar-refractivity contribution >= 4 is 27.5 Å². The van der Waals surface area contributed by atoms with Gasteiger partial charge >= 0.3 is 0 Å². The van der Waals surface area contributed by atoms with Gasteiger partial charge in [-0.1, -0.05) is 15.9 Å². The molecule has 0 aliphatic carbocycles. The predicted molar refractivity (Wildman–Crippen MR) is 81.0 cm³/mol. The molecule has 5 nitrogen and oxygen atoms in total. The summed E-state index contributed by atoms with van der Waals surface area (Å²) >= 11 is 3.37. The lowest BCUT2D eigenvalue weighted by Gasteiger charge is -2.28. The number of hydrogen-bond donors (Lipinski definition) is 4. The normalized spacial score (nSPS) is 22.5. The van der Waals surface area contributed by atoms with Crippen molar-refractivity contribution in [3.8, 4) is 0 Å². The fraction of sp³-hybridized carbons (Fsp3) is 0.500. The van der Waals surface area contributed by atoms with E-state index in [1.165, 1.54) is 9.80 Å². The second-order valence-corrected chi connectivity index (χ2v) is 6.12. The summed E-state index contributed by atoms with van der Waals surface area (Å²) in [6.45, 7) is 5.62. The lowest BCUT2D eigenvalue weighted by atomic mass is 10.3. The van der Waals surface area contributed by atoms with Crippen molar-refractivity contribution in [3.05, 3.63) is 28.7 Å². The standard InChI is InChI=1S/C14H20BrN3O2/c15-12-1-3-13(4-2-12)16-14(20)11-18-7-5-17(6-8-18)9-10-19/h1-4,19H,5-11H2,(H,16,20)/p+2. The molecule has 0 saturated carbocycles. The van der Waals surface area contributed by atoms with E-state index in [4.69, 9.17) is 5.11 Å². The molecule has 1 aromatic carbocycles. The lowest BCUT2D eigenvalue weighted by Crippen LogP contribution is -3.28. The molecule has 0 aromatic heterocycles. The van der Waals surface area contributed by atoms with Crippen LogP contribution in [0.25, 0.3) is 0 Å². The minimum absolute atomic E-state index is 0.0629. The molecule has 1 aliphatic heterocycles. The maximum Gasteiger partial charge on any atom is 0.279 e. The van der Waals surface area contributed by atoms with Gasteiger partial charge in [-0.2, -0.15) is 0 Å². The zero-order valence-electron chi connectivity index (χ0n) is 11.5. The molecule has 1 heterocycles. The van der Waals surface area contributed by atoms with E-state index in [0.717, 1.165) is 42.9 Å². The molecular formula is C14H22BrN3O2+2. The summed E-state index contributed by atoms with van der Waals surface area (Å²) in [6, 6.07) is 7.61. The number of anilines is 1. The molecule has 1 aromatic rings. The number of carbonyl (C=O) groups excluding carboxylic acids is 1. The van der Waals surface area contributed by atoms with Crippen molar-refractivity contribution in [1.82, 2.24) is 0 Å². The van der Waals surface area contributed by atoms with Crippen molar-refractivity contribution in [3.63, 3.8) is 0 Å². The van der Waals surface area contributed by atoms with Crippen molar-refractivity contribution in [2.75, 3.05) is 51.2 Å². The average Bonchev–Trinajstić information content (AvgIpc) is 2.44. The van der Waals surface area contributed by atoms with Crippen LogP contribution in [0.4, 0.5) is 5.69 Å². The number of quaternary nitrogens is 2. The number of piperazine rings is 1. The Morgan fingerprint density at radius 3 is 2.35 bits per heavy atom. The van der Waals surface area contributed by atoms with Crippen LogP contribution in [0, 0.1) is 0 Å². The minimum Gasteiger partial charge on any atom is -0.391 e. The second-order valence-electron chi connectivity index (χ2n) is 5.21. The monoisotopic (exact) mass is 343 g/mol. The van der Waals surface area contributed by atoms with Gasteiger partial charge in [-0.05, 0) is 24.3 Å². The Kier molecular flexibility index (Phi) is 5.97. The van der Waals surface area contributed by atoms with Gasteiger partial charge in [0.2, 0.25) is 0 Å². The van der Waals surface area contributed by atoms with Crippen LogP contribution in [0.5, 0.6) is 0 Å². The number of aliphatic hydroxyl groups excluding tert-OH is 1. The number of rotatable bonds is 5. The van der Waals surface area contributed by atoms with Crippen LogP contribution in [0.15, 0.2) is 28.7 Å². The van der Waals surface area contributed by atoms with E-state index in [1.807, 2.05) is 24.3 Å². The van der Waals surface area contributed by atoms with Crippen LogP contribution >= 0.6 is 15.9 Å². The first-order chi connectivity index (χ1) is 9.67. The second kappa shape index (κ2) is 7.73. The largest absolute Gasteiger partial charge is 0.391 e. The van der Waals surface area contributed by atoms with Crippen LogP contribution in [0.1, 0.15) is 0 Å². The number of halogens is 1. The van der Waals surface area contributed by atoms with Gasteiger partial charge in [-0.25, -0.2) is 0 Å². The molecule has 4 N–H and O–H groups in total. The fourth-order valence-electron chi connectivity index (χ4n) is 2.51. The number of benzene rings is 1. The maximum atomic E-state index is 12.0. The van der Waals surface area contributed by atoms with Crippen molar-refractivity contribution in [1.29, 1.82) is 0 Å². The maximum absolute atomic E-state index is 12.0. The number of aliphatic hydroxyl groups is 1. The number of carbonyl (C=O) groups is 1. The first-order valence-corrected chi connectivity index (χ1v) is 7.80. The van der Waals surface area contributed by atoms with Crippen molar-refractivity contribution < 1.29 is 19.7 Å². The van der Waals surface area contributed by atoms with E-state index in [-0.39, 0.29) is 12.5 Å². The van der Waals surface area contributed by atoms with Gasteiger partial charge in [0.1, 0.15) is 32.7 Å². The smallest absolute Gasteiger partial charge is 0.279 e. The van der Waals surface area contributed by atoms with Crippen LogP contribution in [-0.2, 0) is 4.79 Å².